The highest BCUT2D eigenvalue weighted by Gasteiger charge is 2.41. The molecule has 2 aliphatic rings. The molecule has 0 spiro atoms. The molecule has 0 radical (unpaired) electrons. The van der Waals surface area contributed by atoms with Gasteiger partial charge in [-0.25, -0.2) is 0 Å². The van der Waals surface area contributed by atoms with Crippen molar-refractivity contribution in [2.24, 2.45) is 0 Å². The van der Waals surface area contributed by atoms with Crippen molar-refractivity contribution in [2.75, 3.05) is 12.8 Å². The quantitative estimate of drug-likeness (QED) is 0.696. The van der Waals surface area contributed by atoms with E-state index in [1.54, 1.807) is 0 Å². The standard InChI is InChI=1S/C9H16N2S2/c1-13-9(4-5-9)6-10-8(12)11-7-2-3-7/h7H,2-6H2,1H3,(H2,10,11,12). The summed E-state index contributed by atoms with van der Waals surface area (Å²) < 4.78 is 0.509. The second-order valence-electron chi connectivity index (χ2n) is 3.99. The zero-order valence-electron chi connectivity index (χ0n) is 7.93. The van der Waals surface area contributed by atoms with Crippen molar-refractivity contribution >= 4 is 29.1 Å². The maximum Gasteiger partial charge on any atom is 0.166 e. The fourth-order valence-electron chi connectivity index (χ4n) is 1.30. The van der Waals surface area contributed by atoms with Crippen LogP contribution in [0.3, 0.4) is 0 Å². The van der Waals surface area contributed by atoms with E-state index in [0.29, 0.717) is 10.8 Å². The summed E-state index contributed by atoms with van der Waals surface area (Å²) in [5.74, 6) is 0. The molecular weight excluding hydrogens is 200 g/mol. The van der Waals surface area contributed by atoms with Crippen LogP contribution in [0.1, 0.15) is 25.7 Å². The van der Waals surface area contributed by atoms with E-state index in [1.807, 2.05) is 11.8 Å². The van der Waals surface area contributed by atoms with Crippen LogP contribution in [-0.2, 0) is 0 Å². The average Bonchev–Trinajstić information content (AvgIpc) is 2.98. The minimum atomic E-state index is 0.509. The Morgan fingerprint density at radius 2 is 2.23 bits per heavy atom. The van der Waals surface area contributed by atoms with E-state index in [-0.39, 0.29) is 0 Å². The van der Waals surface area contributed by atoms with Crippen LogP contribution in [0, 0.1) is 0 Å². The van der Waals surface area contributed by atoms with E-state index >= 15 is 0 Å². The Morgan fingerprint density at radius 3 is 2.69 bits per heavy atom. The maximum absolute atomic E-state index is 5.18. The monoisotopic (exact) mass is 216 g/mol. The summed E-state index contributed by atoms with van der Waals surface area (Å²) in [5, 5.41) is 7.45. The first-order chi connectivity index (χ1) is 6.24. The van der Waals surface area contributed by atoms with Gasteiger partial charge >= 0.3 is 0 Å². The van der Waals surface area contributed by atoms with E-state index in [2.05, 4.69) is 16.9 Å². The van der Waals surface area contributed by atoms with Gasteiger partial charge in [0.05, 0.1) is 0 Å². The minimum Gasteiger partial charge on any atom is -0.361 e. The lowest BCUT2D eigenvalue weighted by molar-refractivity contribution is 0.782. The predicted molar refractivity (Wildman–Crippen MR) is 62.2 cm³/mol. The Bertz CT molecular complexity index is 210. The van der Waals surface area contributed by atoms with E-state index in [9.17, 15) is 0 Å². The van der Waals surface area contributed by atoms with Crippen molar-refractivity contribution in [3.8, 4) is 0 Å². The van der Waals surface area contributed by atoms with Gasteiger partial charge in [0.15, 0.2) is 5.11 Å². The van der Waals surface area contributed by atoms with Gasteiger partial charge in [-0.1, -0.05) is 0 Å². The summed E-state index contributed by atoms with van der Waals surface area (Å²) in [4.78, 5) is 0. The molecule has 0 amide bonds. The predicted octanol–water partition coefficient (Wildman–Crippen LogP) is 1.51. The van der Waals surface area contributed by atoms with Gasteiger partial charge in [0.2, 0.25) is 0 Å². The molecule has 0 aromatic carbocycles. The van der Waals surface area contributed by atoms with Crippen molar-refractivity contribution in [3.63, 3.8) is 0 Å². The SMILES string of the molecule is CSC1(CNC(=S)NC2CC2)CC1. The molecule has 0 heterocycles. The number of hydrogen-bond acceptors (Lipinski definition) is 2. The molecule has 0 aromatic heterocycles. The topological polar surface area (TPSA) is 24.1 Å². The molecule has 2 N–H and O–H groups in total. The molecule has 2 rings (SSSR count). The largest absolute Gasteiger partial charge is 0.361 e. The first-order valence-electron chi connectivity index (χ1n) is 4.84. The van der Waals surface area contributed by atoms with Crippen LogP contribution >= 0.6 is 24.0 Å². The molecule has 13 heavy (non-hydrogen) atoms. The number of hydrogen-bond donors (Lipinski definition) is 2. The van der Waals surface area contributed by atoms with Gasteiger partial charge in [0, 0.05) is 17.3 Å². The summed E-state index contributed by atoms with van der Waals surface area (Å²) in [6.45, 7) is 1.03. The highest BCUT2D eigenvalue weighted by Crippen LogP contribution is 2.46. The summed E-state index contributed by atoms with van der Waals surface area (Å²) in [6.07, 6.45) is 7.44. The van der Waals surface area contributed by atoms with Gasteiger partial charge in [-0.05, 0) is 44.2 Å². The summed E-state index contributed by atoms with van der Waals surface area (Å²) >= 11 is 7.15. The molecule has 2 aliphatic carbocycles. The van der Waals surface area contributed by atoms with Crippen molar-refractivity contribution in [3.05, 3.63) is 0 Å². The van der Waals surface area contributed by atoms with Crippen LogP contribution in [0.15, 0.2) is 0 Å². The lowest BCUT2D eigenvalue weighted by Gasteiger charge is -2.15. The molecule has 4 heteroatoms. The van der Waals surface area contributed by atoms with Crippen LogP contribution in [0.4, 0.5) is 0 Å². The molecule has 0 aromatic rings. The van der Waals surface area contributed by atoms with Gasteiger partial charge in [-0.3, -0.25) is 0 Å². The first-order valence-corrected chi connectivity index (χ1v) is 6.47. The van der Waals surface area contributed by atoms with Crippen molar-refractivity contribution < 1.29 is 0 Å². The normalized spacial score (nSPS) is 23.8. The first kappa shape index (κ1) is 9.59. The Morgan fingerprint density at radius 1 is 1.54 bits per heavy atom. The molecule has 2 fully saturated rings. The van der Waals surface area contributed by atoms with Crippen molar-refractivity contribution in [1.29, 1.82) is 0 Å². The Labute approximate surface area is 89.2 Å². The third-order valence-corrected chi connectivity index (χ3v) is 4.41. The van der Waals surface area contributed by atoms with Crippen LogP contribution < -0.4 is 10.6 Å². The molecule has 2 saturated carbocycles. The molecule has 0 bridgehead atoms. The lowest BCUT2D eigenvalue weighted by Crippen LogP contribution is -2.40. The van der Waals surface area contributed by atoms with Crippen molar-refractivity contribution in [2.45, 2.75) is 36.5 Å². The van der Waals surface area contributed by atoms with E-state index in [0.717, 1.165) is 11.7 Å². The highest BCUT2D eigenvalue weighted by molar-refractivity contribution is 8.00. The Kier molecular flexibility index (Phi) is 2.70. The Hall–Kier alpha value is 0.0400. The van der Waals surface area contributed by atoms with E-state index in [1.165, 1.54) is 25.7 Å². The number of thioether (sulfide) groups is 1. The summed E-state index contributed by atoms with van der Waals surface area (Å²) in [7, 11) is 0. The third kappa shape index (κ3) is 2.74. The molecule has 0 atom stereocenters. The molecule has 74 valence electrons. The van der Waals surface area contributed by atoms with Gasteiger partial charge < -0.3 is 10.6 Å². The van der Waals surface area contributed by atoms with Gasteiger partial charge in [-0.2, -0.15) is 11.8 Å². The fraction of sp³-hybridized carbons (Fsp3) is 0.889. The number of nitrogens with one attached hydrogen (secondary N) is 2. The minimum absolute atomic E-state index is 0.509. The zero-order valence-corrected chi connectivity index (χ0v) is 9.56. The second-order valence-corrected chi connectivity index (χ2v) is 5.67. The number of rotatable bonds is 4. The molecule has 0 unspecified atom stereocenters. The fourth-order valence-corrected chi connectivity index (χ4v) is 2.26. The smallest absolute Gasteiger partial charge is 0.166 e. The van der Waals surface area contributed by atoms with Crippen LogP contribution in [0.2, 0.25) is 0 Å². The second kappa shape index (κ2) is 3.65. The van der Waals surface area contributed by atoms with Gasteiger partial charge in [0.1, 0.15) is 0 Å². The van der Waals surface area contributed by atoms with Crippen LogP contribution in [-0.4, -0.2) is 28.7 Å². The zero-order chi connectivity index (χ0) is 9.31. The summed E-state index contributed by atoms with van der Waals surface area (Å²) in [5.41, 5.74) is 0. The Balaban J connectivity index is 1.63. The molecular formula is C9H16N2S2. The van der Waals surface area contributed by atoms with Crippen molar-refractivity contribution in [1.82, 2.24) is 10.6 Å². The van der Waals surface area contributed by atoms with Crippen LogP contribution in [0.25, 0.3) is 0 Å². The van der Waals surface area contributed by atoms with E-state index in [4.69, 9.17) is 12.2 Å². The lowest BCUT2D eigenvalue weighted by atomic mass is 10.4. The maximum atomic E-state index is 5.18. The summed E-state index contributed by atoms with van der Waals surface area (Å²) in [6, 6.07) is 0.671. The van der Waals surface area contributed by atoms with Gasteiger partial charge in [-0.15, -0.1) is 0 Å². The average molecular weight is 216 g/mol. The molecule has 0 saturated heterocycles. The highest BCUT2D eigenvalue weighted by atomic mass is 32.2. The molecule has 2 nitrogen and oxygen atoms in total. The molecule has 0 aliphatic heterocycles. The number of thiocarbonyl (C=S) groups is 1. The van der Waals surface area contributed by atoms with Gasteiger partial charge in [0.25, 0.3) is 0 Å². The van der Waals surface area contributed by atoms with Crippen LogP contribution in [0.5, 0.6) is 0 Å². The van der Waals surface area contributed by atoms with E-state index < -0.39 is 0 Å². The third-order valence-electron chi connectivity index (χ3n) is 2.72.